The first-order chi connectivity index (χ1) is 7.58. The Morgan fingerprint density at radius 1 is 1.56 bits per heavy atom. The van der Waals surface area contributed by atoms with Crippen molar-refractivity contribution in [3.63, 3.8) is 0 Å². The second-order valence-corrected chi connectivity index (χ2v) is 4.86. The summed E-state index contributed by atoms with van der Waals surface area (Å²) in [6.45, 7) is 4.50. The lowest BCUT2D eigenvalue weighted by Gasteiger charge is -2.02. The average Bonchev–Trinajstić information content (AvgIpc) is 2.75. The number of thiazole rings is 1. The van der Waals surface area contributed by atoms with Crippen molar-refractivity contribution in [3.05, 3.63) is 39.6 Å². The van der Waals surface area contributed by atoms with Crippen LogP contribution >= 0.6 is 11.3 Å². The SMILES string of the molecule is Cc1nc(Cn2cccc2C(=O)O)sc1C. The summed E-state index contributed by atoms with van der Waals surface area (Å²) in [5.41, 5.74) is 1.31. The first kappa shape index (κ1) is 10.9. The molecule has 2 aromatic heterocycles. The highest BCUT2D eigenvalue weighted by Gasteiger charge is 2.11. The van der Waals surface area contributed by atoms with Gasteiger partial charge in [-0.1, -0.05) is 0 Å². The van der Waals surface area contributed by atoms with Crippen LogP contribution in [0, 0.1) is 13.8 Å². The van der Waals surface area contributed by atoms with Crippen molar-refractivity contribution >= 4 is 17.3 Å². The molecule has 1 N–H and O–H groups in total. The maximum atomic E-state index is 10.9. The molecule has 2 heterocycles. The molecule has 0 aromatic carbocycles. The van der Waals surface area contributed by atoms with Gasteiger partial charge in [0, 0.05) is 11.1 Å². The molecule has 84 valence electrons. The number of carboxylic acid groups (broad SMARTS) is 1. The lowest BCUT2D eigenvalue weighted by atomic mass is 10.4. The van der Waals surface area contributed by atoms with Crippen molar-refractivity contribution in [2.45, 2.75) is 20.4 Å². The molecule has 2 rings (SSSR count). The van der Waals surface area contributed by atoms with E-state index in [-0.39, 0.29) is 0 Å². The predicted octanol–water partition coefficient (Wildman–Crippen LogP) is 2.31. The molecule has 5 heteroatoms. The highest BCUT2D eigenvalue weighted by Crippen LogP contribution is 2.18. The van der Waals surface area contributed by atoms with Crippen LogP contribution in [0.25, 0.3) is 0 Å². The van der Waals surface area contributed by atoms with Crippen molar-refractivity contribution in [1.29, 1.82) is 0 Å². The number of carbonyl (C=O) groups is 1. The third kappa shape index (κ3) is 1.99. The number of carboxylic acids is 1. The van der Waals surface area contributed by atoms with E-state index in [1.807, 2.05) is 13.8 Å². The molecule has 0 fully saturated rings. The van der Waals surface area contributed by atoms with Crippen LogP contribution in [0.2, 0.25) is 0 Å². The van der Waals surface area contributed by atoms with E-state index in [2.05, 4.69) is 4.98 Å². The summed E-state index contributed by atoms with van der Waals surface area (Å²) in [4.78, 5) is 16.5. The van der Waals surface area contributed by atoms with Crippen LogP contribution in [-0.2, 0) is 6.54 Å². The summed E-state index contributed by atoms with van der Waals surface area (Å²) in [6.07, 6.45) is 1.76. The Kier molecular flexibility index (Phi) is 2.78. The van der Waals surface area contributed by atoms with E-state index < -0.39 is 5.97 Å². The van der Waals surface area contributed by atoms with E-state index >= 15 is 0 Å². The molecule has 0 aliphatic heterocycles. The molecule has 0 saturated heterocycles. The molecule has 0 atom stereocenters. The zero-order valence-corrected chi connectivity index (χ0v) is 9.91. The van der Waals surface area contributed by atoms with Crippen molar-refractivity contribution in [2.75, 3.05) is 0 Å². The van der Waals surface area contributed by atoms with Crippen molar-refractivity contribution in [3.8, 4) is 0 Å². The molecule has 0 spiro atoms. The molecule has 4 nitrogen and oxygen atoms in total. The van der Waals surface area contributed by atoms with Crippen LogP contribution in [0.5, 0.6) is 0 Å². The second kappa shape index (κ2) is 4.09. The van der Waals surface area contributed by atoms with Crippen molar-refractivity contribution in [2.24, 2.45) is 0 Å². The van der Waals surface area contributed by atoms with Crippen molar-refractivity contribution in [1.82, 2.24) is 9.55 Å². The molecule has 0 aliphatic rings. The number of aryl methyl sites for hydroxylation is 2. The molecule has 16 heavy (non-hydrogen) atoms. The van der Waals surface area contributed by atoms with E-state index in [4.69, 9.17) is 5.11 Å². The Labute approximate surface area is 97.2 Å². The standard InChI is InChI=1S/C11H12N2O2S/c1-7-8(2)16-10(12-7)6-13-5-3-4-9(13)11(14)15/h3-5H,6H2,1-2H3,(H,14,15). The van der Waals surface area contributed by atoms with E-state index in [0.717, 1.165) is 10.7 Å². The summed E-state index contributed by atoms with van der Waals surface area (Å²) < 4.78 is 1.69. The minimum atomic E-state index is -0.907. The predicted molar refractivity (Wildman–Crippen MR) is 62.1 cm³/mol. The smallest absolute Gasteiger partial charge is 0.352 e. The maximum Gasteiger partial charge on any atom is 0.352 e. The number of rotatable bonds is 3. The van der Waals surface area contributed by atoms with Gasteiger partial charge in [-0.05, 0) is 26.0 Å². The van der Waals surface area contributed by atoms with Gasteiger partial charge in [-0.15, -0.1) is 11.3 Å². The fourth-order valence-corrected chi connectivity index (χ4v) is 2.43. The molecule has 0 radical (unpaired) electrons. The van der Waals surface area contributed by atoms with Crippen LogP contribution in [0.15, 0.2) is 18.3 Å². The summed E-state index contributed by atoms with van der Waals surface area (Å²) in [6, 6.07) is 3.33. The van der Waals surface area contributed by atoms with Gasteiger partial charge < -0.3 is 9.67 Å². The van der Waals surface area contributed by atoms with Gasteiger partial charge in [0.15, 0.2) is 0 Å². The van der Waals surface area contributed by atoms with E-state index in [1.165, 1.54) is 4.88 Å². The fourth-order valence-electron chi connectivity index (χ4n) is 1.50. The summed E-state index contributed by atoms with van der Waals surface area (Å²) in [5.74, 6) is -0.907. The second-order valence-electron chi connectivity index (χ2n) is 3.58. The number of aromatic carboxylic acids is 1. The average molecular weight is 236 g/mol. The van der Waals surface area contributed by atoms with Gasteiger partial charge in [0.2, 0.25) is 0 Å². The Balaban J connectivity index is 2.27. The lowest BCUT2D eigenvalue weighted by Crippen LogP contribution is -2.08. The monoisotopic (exact) mass is 236 g/mol. The molecule has 0 unspecified atom stereocenters. The minimum Gasteiger partial charge on any atom is -0.477 e. The van der Waals surface area contributed by atoms with Gasteiger partial charge in [-0.2, -0.15) is 0 Å². The van der Waals surface area contributed by atoms with E-state index in [1.54, 1.807) is 34.2 Å². The Morgan fingerprint density at radius 2 is 2.31 bits per heavy atom. The van der Waals surface area contributed by atoms with Crippen molar-refractivity contribution < 1.29 is 9.90 Å². The van der Waals surface area contributed by atoms with Crippen LogP contribution in [0.4, 0.5) is 0 Å². The first-order valence-corrected chi connectivity index (χ1v) is 5.71. The topological polar surface area (TPSA) is 55.1 Å². The van der Waals surface area contributed by atoms with Gasteiger partial charge in [-0.25, -0.2) is 9.78 Å². The summed E-state index contributed by atoms with van der Waals surface area (Å²) in [7, 11) is 0. The largest absolute Gasteiger partial charge is 0.477 e. The normalized spacial score (nSPS) is 10.6. The van der Waals surface area contributed by atoms with Crippen LogP contribution in [0.3, 0.4) is 0 Å². The highest BCUT2D eigenvalue weighted by atomic mass is 32.1. The molecule has 2 aromatic rings. The third-order valence-electron chi connectivity index (χ3n) is 2.43. The number of hydrogen-bond donors (Lipinski definition) is 1. The van der Waals surface area contributed by atoms with Crippen LogP contribution in [0.1, 0.15) is 26.1 Å². The summed E-state index contributed by atoms with van der Waals surface area (Å²) in [5, 5.41) is 9.89. The summed E-state index contributed by atoms with van der Waals surface area (Å²) >= 11 is 1.61. The number of nitrogens with zero attached hydrogens (tertiary/aromatic N) is 2. The molecule has 0 bridgehead atoms. The lowest BCUT2D eigenvalue weighted by molar-refractivity contribution is 0.0685. The number of aromatic nitrogens is 2. The number of hydrogen-bond acceptors (Lipinski definition) is 3. The Morgan fingerprint density at radius 3 is 2.88 bits per heavy atom. The zero-order valence-electron chi connectivity index (χ0n) is 9.10. The van der Waals surface area contributed by atoms with Crippen LogP contribution < -0.4 is 0 Å². The highest BCUT2D eigenvalue weighted by molar-refractivity contribution is 7.11. The molecular formula is C11H12N2O2S. The minimum absolute atomic E-state index is 0.297. The molecule has 0 saturated carbocycles. The molecule has 0 aliphatic carbocycles. The molecule has 0 amide bonds. The third-order valence-corrected chi connectivity index (χ3v) is 3.48. The fraction of sp³-hybridized carbons (Fsp3) is 0.273. The zero-order chi connectivity index (χ0) is 11.7. The van der Waals surface area contributed by atoms with Gasteiger partial charge >= 0.3 is 5.97 Å². The Hall–Kier alpha value is -1.62. The Bertz CT molecular complexity index is 508. The quantitative estimate of drug-likeness (QED) is 0.889. The van der Waals surface area contributed by atoms with Gasteiger partial charge in [-0.3, -0.25) is 0 Å². The van der Waals surface area contributed by atoms with E-state index in [9.17, 15) is 4.79 Å². The maximum absolute atomic E-state index is 10.9. The van der Waals surface area contributed by atoms with Gasteiger partial charge in [0.05, 0.1) is 12.2 Å². The van der Waals surface area contributed by atoms with Crippen LogP contribution in [-0.4, -0.2) is 20.6 Å². The van der Waals surface area contributed by atoms with Gasteiger partial charge in [0.1, 0.15) is 10.7 Å². The molecular weight excluding hydrogens is 224 g/mol. The van der Waals surface area contributed by atoms with E-state index in [0.29, 0.717) is 12.2 Å². The van der Waals surface area contributed by atoms with Gasteiger partial charge in [0.25, 0.3) is 0 Å². The first-order valence-electron chi connectivity index (χ1n) is 4.89.